The van der Waals surface area contributed by atoms with Crippen LogP contribution in [0.4, 0.5) is 0 Å². The molecule has 2 N–H and O–H groups in total. The SMILES string of the molecule is CN=C(C=CN)c1cc(CCCCc2ccc(C#N)cn2)ccn1. The number of nitriles is 1. The Labute approximate surface area is 142 Å². The van der Waals surface area contributed by atoms with Crippen LogP contribution in [0.1, 0.15) is 35.4 Å². The highest BCUT2D eigenvalue weighted by Gasteiger charge is 2.03. The molecule has 122 valence electrons. The van der Waals surface area contributed by atoms with Gasteiger partial charge < -0.3 is 5.73 Å². The molecule has 0 amide bonds. The van der Waals surface area contributed by atoms with Crippen molar-refractivity contribution in [2.24, 2.45) is 10.7 Å². The predicted molar refractivity (Wildman–Crippen MR) is 95.6 cm³/mol. The molecule has 2 rings (SSSR count). The number of aryl methyl sites for hydroxylation is 2. The molecule has 0 unspecified atom stereocenters. The predicted octanol–water partition coefficient (Wildman–Crippen LogP) is 2.80. The second-order valence-corrected chi connectivity index (χ2v) is 5.37. The largest absolute Gasteiger partial charge is 0.405 e. The van der Waals surface area contributed by atoms with E-state index in [1.807, 2.05) is 24.4 Å². The number of rotatable bonds is 7. The van der Waals surface area contributed by atoms with E-state index in [0.29, 0.717) is 5.56 Å². The molecule has 0 aliphatic carbocycles. The smallest absolute Gasteiger partial charge is 0.101 e. The minimum Gasteiger partial charge on any atom is -0.405 e. The number of hydrogen-bond acceptors (Lipinski definition) is 5. The van der Waals surface area contributed by atoms with Crippen LogP contribution in [0.25, 0.3) is 0 Å². The Morgan fingerprint density at radius 3 is 2.75 bits per heavy atom. The third kappa shape index (κ3) is 5.03. The summed E-state index contributed by atoms with van der Waals surface area (Å²) in [5.41, 5.74) is 9.92. The summed E-state index contributed by atoms with van der Waals surface area (Å²) < 4.78 is 0. The minimum atomic E-state index is 0.600. The van der Waals surface area contributed by atoms with Gasteiger partial charge in [-0.15, -0.1) is 0 Å². The highest BCUT2D eigenvalue weighted by atomic mass is 14.8. The van der Waals surface area contributed by atoms with Crippen LogP contribution < -0.4 is 5.73 Å². The van der Waals surface area contributed by atoms with E-state index in [1.54, 1.807) is 19.3 Å². The molecule has 0 radical (unpaired) electrons. The van der Waals surface area contributed by atoms with Crippen LogP contribution in [0, 0.1) is 11.3 Å². The summed E-state index contributed by atoms with van der Waals surface area (Å²) in [7, 11) is 1.73. The van der Waals surface area contributed by atoms with Crippen LogP contribution in [-0.4, -0.2) is 22.7 Å². The maximum atomic E-state index is 8.77. The van der Waals surface area contributed by atoms with Gasteiger partial charge in [-0.25, -0.2) is 0 Å². The number of hydrogen-bond donors (Lipinski definition) is 1. The van der Waals surface area contributed by atoms with Crippen LogP contribution >= 0.6 is 0 Å². The summed E-state index contributed by atoms with van der Waals surface area (Å²) in [4.78, 5) is 12.8. The Kier molecular flexibility index (Phi) is 6.66. The molecule has 0 saturated heterocycles. The van der Waals surface area contributed by atoms with Gasteiger partial charge in [0, 0.05) is 25.1 Å². The third-order valence-corrected chi connectivity index (χ3v) is 3.68. The number of nitrogens with zero attached hydrogens (tertiary/aromatic N) is 4. The number of pyridine rings is 2. The molecule has 0 atom stereocenters. The van der Waals surface area contributed by atoms with Crippen LogP contribution in [0.2, 0.25) is 0 Å². The van der Waals surface area contributed by atoms with Crippen molar-refractivity contribution in [3.05, 3.63) is 71.4 Å². The normalized spacial score (nSPS) is 11.6. The maximum absolute atomic E-state index is 8.77. The van der Waals surface area contributed by atoms with E-state index >= 15 is 0 Å². The topological polar surface area (TPSA) is 88.0 Å². The summed E-state index contributed by atoms with van der Waals surface area (Å²) in [5, 5.41) is 8.77. The molecule has 2 heterocycles. The van der Waals surface area contributed by atoms with E-state index < -0.39 is 0 Å². The van der Waals surface area contributed by atoms with Crippen molar-refractivity contribution in [3.8, 4) is 6.07 Å². The molecule has 2 aromatic heterocycles. The lowest BCUT2D eigenvalue weighted by Gasteiger charge is -2.05. The van der Waals surface area contributed by atoms with Crippen LogP contribution in [-0.2, 0) is 12.8 Å². The number of unbranched alkanes of at least 4 members (excludes halogenated alkanes) is 1. The molecule has 5 heteroatoms. The van der Waals surface area contributed by atoms with Crippen molar-refractivity contribution in [3.63, 3.8) is 0 Å². The second-order valence-electron chi connectivity index (χ2n) is 5.37. The summed E-state index contributed by atoms with van der Waals surface area (Å²) in [6.07, 6.45) is 10.7. The summed E-state index contributed by atoms with van der Waals surface area (Å²) in [6, 6.07) is 9.91. The van der Waals surface area contributed by atoms with Crippen molar-refractivity contribution in [1.29, 1.82) is 5.26 Å². The molecule has 0 saturated carbocycles. The van der Waals surface area contributed by atoms with Gasteiger partial charge in [0.2, 0.25) is 0 Å². The third-order valence-electron chi connectivity index (χ3n) is 3.68. The summed E-state index contributed by atoms with van der Waals surface area (Å²) in [6.45, 7) is 0. The second kappa shape index (κ2) is 9.21. The average molecular weight is 319 g/mol. The highest BCUT2D eigenvalue weighted by molar-refractivity contribution is 6.07. The van der Waals surface area contributed by atoms with Crippen molar-refractivity contribution in [1.82, 2.24) is 9.97 Å². The first-order valence-electron chi connectivity index (χ1n) is 7.92. The fourth-order valence-electron chi connectivity index (χ4n) is 2.41. The molecule has 0 fully saturated rings. The molecular formula is C19H21N5. The fourth-order valence-corrected chi connectivity index (χ4v) is 2.41. The standard InChI is InChI=1S/C19H21N5/c1-22-18(8-10-20)19-12-15(9-11-23-19)4-2-3-5-17-7-6-16(13-21)14-24-17/h6-12,14H,2-5,20H2,1H3. The Morgan fingerprint density at radius 1 is 1.25 bits per heavy atom. The zero-order valence-electron chi connectivity index (χ0n) is 13.8. The number of allylic oxidation sites excluding steroid dienone is 1. The zero-order valence-corrected chi connectivity index (χ0v) is 13.8. The summed E-state index contributed by atoms with van der Waals surface area (Å²) >= 11 is 0. The average Bonchev–Trinajstić information content (AvgIpc) is 2.64. The number of aromatic nitrogens is 2. The molecule has 0 aliphatic heterocycles. The van der Waals surface area contributed by atoms with Gasteiger partial charge in [0.05, 0.1) is 17.0 Å². The van der Waals surface area contributed by atoms with Crippen molar-refractivity contribution in [2.45, 2.75) is 25.7 Å². The van der Waals surface area contributed by atoms with Gasteiger partial charge in [0.25, 0.3) is 0 Å². The Bertz CT molecular complexity index is 754. The van der Waals surface area contributed by atoms with Gasteiger partial charge in [-0.2, -0.15) is 5.26 Å². The van der Waals surface area contributed by atoms with Gasteiger partial charge in [0.1, 0.15) is 6.07 Å². The van der Waals surface area contributed by atoms with Crippen LogP contribution in [0.3, 0.4) is 0 Å². The lowest BCUT2D eigenvalue weighted by molar-refractivity contribution is 0.722. The lowest BCUT2D eigenvalue weighted by Crippen LogP contribution is -2.02. The fraction of sp³-hybridized carbons (Fsp3) is 0.263. The van der Waals surface area contributed by atoms with E-state index in [9.17, 15) is 0 Å². The molecule has 0 aliphatic rings. The van der Waals surface area contributed by atoms with Crippen LogP contribution in [0.15, 0.2) is 53.9 Å². The first kappa shape index (κ1) is 17.4. The van der Waals surface area contributed by atoms with Crippen molar-refractivity contribution < 1.29 is 0 Å². The van der Waals surface area contributed by atoms with Gasteiger partial charge >= 0.3 is 0 Å². The highest BCUT2D eigenvalue weighted by Crippen LogP contribution is 2.10. The zero-order chi connectivity index (χ0) is 17.2. The lowest BCUT2D eigenvalue weighted by atomic mass is 10.0. The van der Waals surface area contributed by atoms with E-state index in [0.717, 1.165) is 42.8 Å². The Hall–Kier alpha value is -3.00. The van der Waals surface area contributed by atoms with Crippen LogP contribution in [0.5, 0.6) is 0 Å². The molecule has 5 nitrogen and oxygen atoms in total. The van der Waals surface area contributed by atoms with Gasteiger partial charge in [-0.3, -0.25) is 15.0 Å². The Balaban J connectivity index is 1.87. The molecule has 0 spiro atoms. The summed E-state index contributed by atoms with van der Waals surface area (Å²) in [5.74, 6) is 0. The first-order valence-corrected chi connectivity index (χ1v) is 7.92. The number of aliphatic imine (C=N–C) groups is 1. The molecule has 24 heavy (non-hydrogen) atoms. The number of nitrogens with two attached hydrogens (primary N) is 1. The quantitative estimate of drug-likeness (QED) is 0.628. The van der Waals surface area contributed by atoms with Gasteiger partial charge in [-0.05, 0) is 67.8 Å². The minimum absolute atomic E-state index is 0.600. The van der Waals surface area contributed by atoms with E-state index in [-0.39, 0.29) is 0 Å². The van der Waals surface area contributed by atoms with Gasteiger partial charge in [-0.1, -0.05) is 0 Å². The van der Waals surface area contributed by atoms with Crippen molar-refractivity contribution >= 4 is 5.71 Å². The van der Waals surface area contributed by atoms with Crippen molar-refractivity contribution in [2.75, 3.05) is 7.05 Å². The Morgan fingerprint density at radius 2 is 2.08 bits per heavy atom. The van der Waals surface area contributed by atoms with E-state index in [1.165, 1.54) is 11.8 Å². The molecule has 0 aromatic carbocycles. The monoisotopic (exact) mass is 319 g/mol. The maximum Gasteiger partial charge on any atom is 0.101 e. The molecule has 0 bridgehead atoms. The first-order chi connectivity index (χ1) is 11.8. The van der Waals surface area contributed by atoms with E-state index in [2.05, 4.69) is 27.1 Å². The van der Waals surface area contributed by atoms with E-state index in [4.69, 9.17) is 11.0 Å². The molecule has 2 aromatic rings. The molecular weight excluding hydrogens is 298 g/mol. The van der Waals surface area contributed by atoms with Gasteiger partial charge in [0.15, 0.2) is 0 Å².